The predicted molar refractivity (Wildman–Crippen MR) is 153 cm³/mol. The van der Waals surface area contributed by atoms with Crippen LogP contribution in [0.3, 0.4) is 0 Å². The first-order valence-electron chi connectivity index (χ1n) is 13.8. The first-order chi connectivity index (χ1) is 18.6. The van der Waals surface area contributed by atoms with Crippen LogP contribution in [0.4, 0.5) is 4.79 Å². The number of piperidine rings is 1. The maximum atomic E-state index is 12.5. The predicted octanol–water partition coefficient (Wildman–Crippen LogP) is 5.08. The fourth-order valence-corrected chi connectivity index (χ4v) is 5.99. The number of carbonyl (C=O) groups excluding carboxylic acids is 2. The Kier molecular flexibility index (Phi) is 8.30. The van der Waals surface area contributed by atoms with Crippen molar-refractivity contribution in [1.82, 2.24) is 14.7 Å². The number of amides is 2. The summed E-state index contributed by atoms with van der Waals surface area (Å²) in [6.45, 7) is 10.8. The van der Waals surface area contributed by atoms with Gasteiger partial charge in [-0.1, -0.05) is 0 Å². The van der Waals surface area contributed by atoms with Crippen molar-refractivity contribution < 1.29 is 23.8 Å². The van der Waals surface area contributed by atoms with Crippen LogP contribution in [0.25, 0.3) is 16.5 Å². The second-order valence-electron chi connectivity index (χ2n) is 11.6. The quantitative estimate of drug-likeness (QED) is 0.492. The smallest absolute Gasteiger partial charge is 0.410 e. The lowest BCUT2D eigenvalue weighted by Crippen LogP contribution is -2.46. The van der Waals surface area contributed by atoms with Crippen molar-refractivity contribution in [2.75, 3.05) is 46.3 Å². The number of likely N-dealkylation sites (N-methyl/N-ethyl adjacent to an activating group) is 1. The molecule has 1 atom stereocenters. The van der Waals surface area contributed by atoms with Crippen LogP contribution in [-0.2, 0) is 20.9 Å². The van der Waals surface area contributed by atoms with E-state index in [1.807, 2.05) is 37.8 Å². The van der Waals surface area contributed by atoms with E-state index in [0.29, 0.717) is 19.7 Å². The van der Waals surface area contributed by atoms with E-state index < -0.39 is 5.60 Å². The fraction of sp³-hybridized carbons (Fsp3) is 0.533. The first-order valence-corrected chi connectivity index (χ1v) is 14.6. The van der Waals surface area contributed by atoms with E-state index in [1.165, 1.54) is 0 Å². The zero-order valence-corrected chi connectivity index (χ0v) is 24.2. The summed E-state index contributed by atoms with van der Waals surface area (Å²) < 4.78 is 17.9. The minimum absolute atomic E-state index is 0.0752. The molecule has 2 aromatic rings. The Bertz CT molecular complexity index is 1200. The van der Waals surface area contributed by atoms with Gasteiger partial charge < -0.3 is 28.9 Å². The van der Waals surface area contributed by atoms with Gasteiger partial charge >= 0.3 is 6.09 Å². The summed E-state index contributed by atoms with van der Waals surface area (Å²) >= 11 is 1.66. The van der Waals surface area contributed by atoms with Crippen molar-refractivity contribution in [2.24, 2.45) is 5.92 Å². The number of thiophene rings is 1. The van der Waals surface area contributed by atoms with Gasteiger partial charge in [0.05, 0.1) is 6.61 Å². The highest BCUT2D eigenvalue weighted by molar-refractivity contribution is 7.16. The number of nitrogens with zero attached hydrogens (tertiary/aromatic N) is 3. The molecule has 1 aromatic heterocycles. The van der Waals surface area contributed by atoms with Crippen LogP contribution in [0, 0.1) is 5.92 Å². The highest BCUT2D eigenvalue weighted by Crippen LogP contribution is 2.37. The number of ether oxygens (including phenoxy) is 3. The van der Waals surface area contributed by atoms with Crippen molar-refractivity contribution in [1.29, 1.82) is 0 Å². The molecule has 4 heterocycles. The van der Waals surface area contributed by atoms with E-state index in [-0.39, 0.29) is 24.2 Å². The third-order valence-corrected chi connectivity index (χ3v) is 8.50. The highest BCUT2D eigenvalue weighted by atomic mass is 32.1. The zero-order chi connectivity index (χ0) is 27.6. The molecule has 1 unspecified atom stereocenters. The minimum Gasteiger partial charge on any atom is -0.464 e. The summed E-state index contributed by atoms with van der Waals surface area (Å²) in [5.74, 6) is 1.17. The Hall–Kier alpha value is -2.88. The molecule has 8 nitrogen and oxygen atoms in total. The van der Waals surface area contributed by atoms with Crippen molar-refractivity contribution in [3.05, 3.63) is 46.8 Å². The number of carbonyl (C=O) groups is 2. The third kappa shape index (κ3) is 7.01. The number of fused-ring (bicyclic) bond motifs is 1. The lowest BCUT2D eigenvalue weighted by Gasteiger charge is -2.38. The number of rotatable bonds is 4. The molecule has 1 aromatic carbocycles. The molecule has 210 valence electrons. The number of hydrogen-bond acceptors (Lipinski definition) is 7. The van der Waals surface area contributed by atoms with Gasteiger partial charge in [0.15, 0.2) is 0 Å². The van der Waals surface area contributed by atoms with E-state index >= 15 is 0 Å². The number of likely N-dealkylation sites (tertiary alicyclic amines) is 1. The molecule has 3 aliphatic rings. The Labute approximate surface area is 235 Å². The Morgan fingerprint density at radius 2 is 1.74 bits per heavy atom. The van der Waals surface area contributed by atoms with E-state index in [9.17, 15) is 9.59 Å². The van der Waals surface area contributed by atoms with Gasteiger partial charge in [0.1, 0.15) is 11.4 Å². The summed E-state index contributed by atoms with van der Waals surface area (Å²) in [4.78, 5) is 33.0. The van der Waals surface area contributed by atoms with Crippen LogP contribution in [0.15, 0.2) is 36.4 Å². The average molecular weight is 554 g/mol. The topological polar surface area (TPSA) is 71.6 Å². The van der Waals surface area contributed by atoms with Gasteiger partial charge in [-0.15, -0.1) is 11.3 Å². The van der Waals surface area contributed by atoms with Gasteiger partial charge in [-0.25, -0.2) is 4.79 Å². The Morgan fingerprint density at radius 3 is 2.46 bits per heavy atom. The fourth-order valence-electron chi connectivity index (χ4n) is 5.09. The largest absolute Gasteiger partial charge is 0.464 e. The van der Waals surface area contributed by atoms with Crippen molar-refractivity contribution >= 4 is 29.4 Å². The van der Waals surface area contributed by atoms with Crippen molar-refractivity contribution in [3.63, 3.8) is 0 Å². The van der Waals surface area contributed by atoms with Crippen LogP contribution < -0.4 is 4.74 Å². The number of benzene rings is 1. The van der Waals surface area contributed by atoms with Gasteiger partial charge in [-0.3, -0.25) is 4.79 Å². The molecule has 0 aliphatic carbocycles. The molecule has 0 saturated carbocycles. The molecule has 0 N–H and O–H groups in total. The van der Waals surface area contributed by atoms with Gasteiger partial charge in [-0.2, -0.15) is 0 Å². The first kappa shape index (κ1) is 27.7. The average Bonchev–Trinajstić information content (AvgIpc) is 3.40. The van der Waals surface area contributed by atoms with Crippen molar-refractivity contribution in [3.8, 4) is 16.2 Å². The maximum Gasteiger partial charge on any atom is 0.410 e. The summed E-state index contributed by atoms with van der Waals surface area (Å²) in [5, 5.41) is 0. The van der Waals surface area contributed by atoms with Gasteiger partial charge in [0.25, 0.3) is 0 Å². The molecule has 2 amide bonds. The monoisotopic (exact) mass is 553 g/mol. The Morgan fingerprint density at radius 1 is 1.00 bits per heavy atom. The van der Waals surface area contributed by atoms with Crippen LogP contribution in [0.1, 0.15) is 44.1 Å². The molecule has 39 heavy (non-hydrogen) atoms. The summed E-state index contributed by atoms with van der Waals surface area (Å²) in [6.07, 6.45) is 4.69. The van der Waals surface area contributed by atoms with Gasteiger partial charge in [0.2, 0.25) is 12.2 Å². The van der Waals surface area contributed by atoms with Crippen LogP contribution in [0.5, 0.6) is 5.75 Å². The normalized spacial score (nSPS) is 21.1. The number of hydrogen-bond donors (Lipinski definition) is 0. The molecular weight excluding hydrogens is 514 g/mol. The third-order valence-electron chi connectivity index (χ3n) is 7.40. The summed E-state index contributed by atoms with van der Waals surface area (Å²) in [7, 11) is 2.08. The Balaban J connectivity index is 1.15. The number of piperazine rings is 1. The molecule has 3 aliphatic heterocycles. The van der Waals surface area contributed by atoms with Gasteiger partial charge in [-0.05, 0) is 82.6 Å². The lowest BCUT2D eigenvalue weighted by molar-refractivity contribution is -0.149. The van der Waals surface area contributed by atoms with Crippen molar-refractivity contribution in [2.45, 2.75) is 52.1 Å². The van der Waals surface area contributed by atoms with Gasteiger partial charge in [0, 0.05) is 66.6 Å². The molecule has 5 rings (SSSR count). The molecule has 2 saturated heterocycles. The second kappa shape index (κ2) is 11.7. The van der Waals surface area contributed by atoms with E-state index in [4.69, 9.17) is 14.2 Å². The molecule has 2 fully saturated rings. The lowest BCUT2D eigenvalue weighted by atomic mass is 9.95. The maximum absolute atomic E-state index is 12.5. The minimum atomic E-state index is -0.489. The molecule has 0 radical (unpaired) electrons. The molecule has 0 spiro atoms. The summed E-state index contributed by atoms with van der Waals surface area (Å²) in [5.41, 5.74) is 1.66. The summed E-state index contributed by atoms with van der Waals surface area (Å²) in [6, 6.07) is 10.4. The SMILES string of the molecule is CN1CCN(C(=O)C=Cc2ccc(-c3ccc4c(c3)COC(C3CCN(C(=O)OC(C)(C)C)CC3)O4)s2)CC1. The molecular formula is C30H39N3O5S. The van der Waals surface area contributed by atoms with E-state index in [2.05, 4.69) is 36.2 Å². The molecule has 0 bridgehead atoms. The zero-order valence-electron chi connectivity index (χ0n) is 23.4. The highest BCUT2D eigenvalue weighted by Gasteiger charge is 2.34. The van der Waals surface area contributed by atoms with Crippen LogP contribution in [-0.4, -0.2) is 84.9 Å². The van der Waals surface area contributed by atoms with Crippen LogP contribution >= 0.6 is 11.3 Å². The second-order valence-corrected chi connectivity index (χ2v) is 12.7. The molecule has 9 heteroatoms. The van der Waals surface area contributed by atoms with Crippen LogP contribution in [0.2, 0.25) is 0 Å². The van der Waals surface area contributed by atoms with E-state index in [0.717, 1.165) is 65.7 Å². The van der Waals surface area contributed by atoms with E-state index in [1.54, 1.807) is 22.3 Å². The standard InChI is InChI=1S/C30H39N3O5S/c1-30(2,3)38-29(35)33-13-11-21(12-14-33)28-36-20-23-19-22(5-8-25(23)37-28)26-9-6-24(39-26)7-10-27(34)32-17-15-31(4)16-18-32/h5-10,19,21,28H,11-18,20H2,1-4H3.